The van der Waals surface area contributed by atoms with Crippen LogP contribution in [0.1, 0.15) is 17.5 Å². The van der Waals surface area contributed by atoms with E-state index in [1.54, 1.807) is 11.9 Å². The van der Waals surface area contributed by atoms with Gasteiger partial charge >= 0.3 is 5.97 Å². The predicted molar refractivity (Wildman–Crippen MR) is 72.8 cm³/mol. The van der Waals surface area contributed by atoms with Gasteiger partial charge in [0.15, 0.2) is 0 Å². The van der Waals surface area contributed by atoms with E-state index >= 15 is 0 Å². The Bertz CT molecular complexity index is 446. The number of rotatable bonds is 7. The molecule has 0 unspecified atom stereocenters. The summed E-state index contributed by atoms with van der Waals surface area (Å²) in [5.41, 5.74) is 2.21. The van der Waals surface area contributed by atoms with Gasteiger partial charge in [0.2, 0.25) is 5.91 Å². The molecule has 0 aliphatic heterocycles. The molecule has 0 radical (unpaired) electrons. The summed E-state index contributed by atoms with van der Waals surface area (Å²) >= 11 is 0. The molecule has 0 atom stereocenters. The van der Waals surface area contributed by atoms with Crippen LogP contribution in [-0.2, 0) is 16.1 Å². The van der Waals surface area contributed by atoms with Gasteiger partial charge in [-0.05, 0) is 19.5 Å². The van der Waals surface area contributed by atoms with Crippen LogP contribution < -0.4 is 5.32 Å². The third kappa shape index (κ3) is 6.57. The molecule has 0 saturated carbocycles. The molecular formula is C14H20N2O3. The highest BCUT2D eigenvalue weighted by Crippen LogP contribution is 2.03. The molecule has 104 valence electrons. The maximum Gasteiger partial charge on any atom is 0.304 e. The third-order valence-corrected chi connectivity index (χ3v) is 2.69. The van der Waals surface area contributed by atoms with E-state index in [0.29, 0.717) is 13.1 Å². The van der Waals surface area contributed by atoms with Gasteiger partial charge in [-0.2, -0.15) is 0 Å². The quantitative estimate of drug-likeness (QED) is 0.771. The molecule has 1 rings (SSSR count). The number of nitrogens with zero attached hydrogens (tertiary/aromatic N) is 1. The average molecular weight is 264 g/mol. The number of carboxylic acids is 1. The zero-order valence-electron chi connectivity index (χ0n) is 11.3. The second-order valence-corrected chi connectivity index (χ2v) is 4.65. The molecule has 0 aliphatic rings. The van der Waals surface area contributed by atoms with Crippen LogP contribution in [0.25, 0.3) is 0 Å². The summed E-state index contributed by atoms with van der Waals surface area (Å²) in [6.07, 6.45) is 0.0433. The standard InChI is InChI=1S/C14H20N2O3/c1-11-4-3-5-12(8-11)9-15-13(17)10-16(2)7-6-14(18)19/h3-5,8H,6-7,9-10H2,1-2H3,(H,15,17)(H,18,19). The van der Waals surface area contributed by atoms with Crippen molar-refractivity contribution in [2.45, 2.75) is 19.9 Å². The van der Waals surface area contributed by atoms with Crippen molar-refractivity contribution in [2.75, 3.05) is 20.1 Å². The van der Waals surface area contributed by atoms with Crippen molar-refractivity contribution in [3.63, 3.8) is 0 Å². The van der Waals surface area contributed by atoms with E-state index in [9.17, 15) is 9.59 Å². The number of hydrogen-bond acceptors (Lipinski definition) is 3. The lowest BCUT2D eigenvalue weighted by atomic mass is 10.1. The highest BCUT2D eigenvalue weighted by atomic mass is 16.4. The van der Waals surface area contributed by atoms with Crippen LogP contribution in [0.4, 0.5) is 0 Å². The smallest absolute Gasteiger partial charge is 0.304 e. The van der Waals surface area contributed by atoms with Gasteiger partial charge in [-0.3, -0.25) is 14.5 Å². The molecule has 1 aromatic carbocycles. The van der Waals surface area contributed by atoms with Gasteiger partial charge in [-0.15, -0.1) is 0 Å². The minimum absolute atomic E-state index is 0.0433. The maximum absolute atomic E-state index is 11.7. The largest absolute Gasteiger partial charge is 0.481 e. The van der Waals surface area contributed by atoms with Crippen molar-refractivity contribution >= 4 is 11.9 Å². The molecule has 1 aromatic rings. The molecule has 2 N–H and O–H groups in total. The predicted octanol–water partition coefficient (Wildman–Crippen LogP) is 1.02. The molecule has 19 heavy (non-hydrogen) atoms. The van der Waals surface area contributed by atoms with Gasteiger partial charge < -0.3 is 10.4 Å². The highest BCUT2D eigenvalue weighted by Gasteiger charge is 2.07. The second kappa shape index (κ2) is 7.53. The summed E-state index contributed by atoms with van der Waals surface area (Å²) in [7, 11) is 1.73. The number of carboxylic acid groups (broad SMARTS) is 1. The normalized spacial score (nSPS) is 10.5. The molecule has 0 saturated heterocycles. The van der Waals surface area contributed by atoms with Crippen molar-refractivity contribution in [2.24, 2.45) is 0 Å². The van der Waals surface area contributed by atoms with E-state index < -0.39 is 5.97 Å². The van der Waals surface area contributed by atoms with Crippen LogP contribution in [0.15, 0.2) is 24.3 Å². The van der Waals surface area contributed by atoms with Gasteiger partial charge in [-0.1, -0.05) is 29.8 Å². The zero-order valence-corrected chi connectivity index (χ0v) is 11.3. The number of nitrogens with one attached hydrogen (secondary N) is 1. The lowest BCUT2D eigenvalue weighted by Gasteiger charge is -2.15. The Kier molecular flexibility index (Phi) is 6.02. The molecule has 5 heteroatoms. The number of benzene rings is 1. The number of aryl methyl sites for hydroxylation is 1. The zero-order chi connectivity index (χ0) is 14.3. The monoisotopic (exact) mass is 264 g/mol. The number of aliphatic carboxylic acids is 1. The van der Waals surface area contributed by atoms with E-state index in [2.05, 4.69) is 5.32 Å². The van der Waals surface area contributed by atoms with E-state index in [1.165, 1.54) is 0 Å². The number of amides is 1. The first-order chi connectivity index (χ1) is 8.97. The Morgan fingerprint density at radius 1 is 1.37 bits per heavy atom. The van der Waals surface area contributed by atoms with Crippen LogP contribution in [0.5, 0.6) is 0 Å². The van der Waals surface area contributed by atoms with Gasteiger partial charge in [0.1, 0.15) is 0 Å². The van der Waals surface area contributed by atoms with Crippen LogP contribution >= 0.6 is 0 Å². The summed E-state index contributed by atoms with van der Waals surface area (Å²) in [6.45, 7) is 3.07. The molecule has 5 nitrogen and oxygen atoms in total. The van der Waals surface area contributed by atoms with E-state index in [4.69, 9.17) is 5.11 Å². The number of hydrogen-bond donors (Lipinski definition) is 2. The summed E-state index contributed by atoms with van der Waals surface area (Å²) in [5.74, 6) is -0.957. The van der Waals surface area contributed by atoms with Crippen molar-refractivity contribution in [3.8, 4) is 0 Å². The molecule has 0 aliphatic carbocycles. The van der Waals surface area contributed by atoms with Gasteiger partial charge in [0.05, 0.1) is 13.0 Å². The van der Waals surface area contributed by atoms with Crippen LogP contribution in [0.3, 0.4) is 0 Å². The summed E-state index contributed by atoms with van der Waals surface area (Å²) in [6, 6.07) is 7.94. The first kappa shape index (κ1) is 15.2. The SMILES string of the molecule is Cc1cccc(CNC(=O)CN(C)CCC(=O)O)c1. The fourth-order valence-electron chi connectivity index (χ4n) is 1.69. The Balaban J connectivity index is 2.29. The maximum atomic E-state index is 11.7. The van der Waals surface area contributed by atoms with Crippen LogP contribution in [-0.4, -0.2) is 42.0 Å². The molecule has 0 spiro atoms. The molecular weight excluding hydrogens is 244 g/mol. The van der Waals surface area contributed by atoms with E-state index in [-0.39, 0.29) is 18.9 Å². The van der Waals surface area contributed by atoms with Crippen molar-refractivity contribution in [3.05, 3.63) is 35.4 Å². The first-order valence-corrected chi connectivity index (χ1v) is 6.20. The van der Waals surface area contributed by atoms with Crippen LogP contribution in [0, 0.1) is 6.92 Å². The van der Waals surface area contributed by atoms with E-state index in [0.717, 1.165) is 11.1 Å². The molecule has 0 fully saturated rings. The van der Waals surface area contributed by atoms with Crippen molar-refractivity contribution in [1.82, 2.24) is 10.2 Å². The Hall–Kier alpha value is -1.88. The first-order valence-electron chi connectivity index (χ1n) is 6.20. The summed E-state index contributed by atoms with van der Waals surface area (Å²) in [4.78, 5) is 23.8. The van der Waals surface area contributed by atoms with Crippen molar-refractivity contribution in [1.29, 1.82) is 0 Å². The van der Waals surface area contributed by atoms with E-state index in [1.807, 2.05) is 31.2 Å². The molecule has 0 heterocycles. The molecule has 0 aromatic heterocycles. The van der Waals surface area contributed by atoms with Crippen LogP contribution in [0.2, 0.25) is 0 Å². The summed E-state index contributed by atoms with van der Waals surface area (Å²) in [5, 5.41) is 11.4. The minimum Gasteiger partial charge on any atom is -0.481 e. The fourth-order valence-corrected chi connectivity index (χ4v) is 1.69. The Morgan fingerprint density at radius 2 is 2.11 bits per heavy atom. The third-order valence-electron chi connectivity index (χ3n) is 2.69. The lowest BCUT2D eigenvalue weighted by molar-refractivity contribution is -0.137. The molecule has 0 bridgehead atoms. The van der Waals surface area contributed by atoms with Gasteiger partial charge in [0, 0.05) is 13.1 Å². The highest BCUT2D eigenvalue weighted by molar-refractivity contribution is 5.78. The summed E-state index contributed by atoms with van der Waals surface area (Å²) < 4.78 is 0. The Labute approximate surface area is 113 Å². The molecule has 1 amide bonds. The van der Waals surface area contributed by atoms with Crippen molar-refractivity contribution < 1.29 is 14.7 Å². The lowest BCUT2D eigenvalue weighted by Crippen LogP contribution is -2.35. The van der Waals surface area contributed by atoms with Gasteiger partial charge in [-0.25, -0.2) is 0 Å². The number of carbonyl (C=O) groups is 2. The Morgan fingerprint density at radius 3 is 2.74 bits per heavy atom. The average Bonchev–Trinajstić information content (AvgIpc) is 2.34. The minimum atomic E-state index is -0.855. The topological polar surface area (TPSA) is 69.6 Å². The number of likely N-dealkylation sites (N-methyl/N-ethyl adjacent to an activating group) is 1. The van der Waals surface area contributed by atoms with Gasteiger partial charge in [0.25, 0.3) is 0 Å². The fraction of sp³-hybridized carbons (Fsp3) is 0.429. The number of carbonyl (C=O) groups excluding carboxylic acids is 1. The second-order valence-electron chi connectivity index (χ2n) is 4.65.